The van der Waals surface area contributed by atoms with Gasteiger partial charge in [-0.25, -0.2) is 14.5 Å². The quantitative estimate of drug-likeness (QED) is 0.196. The van der Waals surface area contributed by atoms with E-state index in [2.05, 4.69) is 32.7 Å². The van der Waals surface area contributed by atoms with E-state index in [0.717, 1.165) is 38.2 Å². The Morgan fingerprint density at radius 2 is 1.79 bits per heavy atom. The van der Waals surface area contributed by atoms with E-state index in [1.54, 1.807) is 22.9 Å². The lowest BCUT2D eigenvalue weighted by atomic mass is 10.1. The number of benzene rings is 2. The second-order valence-corrected chi connectivity index (χ2v) is 9.26. The fourth-order valence-electron chi connectivity index (χ4n) is 3.26. The number of anilines is 1. The van der Waals surface area contributed by atoms with E-state index in [4.69, 9.17) is 4.98 Å². The van der Waals surface area contributed by atoms with E-state index in [0.29, 0.717) is 5.13 Å². The second kappa shape index (κ2) is 8.52. The van der Waals surface area contributed by atoms with Crippen molar-refractivity contribution in [3.8, 4) is 22.5 Å². The Morgan fingerprint density at radius 3 is 2.52 bits per heavy atom. The van der Waals surface area contributed by atoms with Gasteiger partial charge in [0.1, 0.15) is 16.4 Å². The lowest BCUT2D eigenvalue weighted by Crippen LogP contribution is -1.97. The first-order valence-corrected chi connectivity index (χ1v) is 11.6. The Morgan fingerprint density at radius 1 is 1.06 bits per heavy atom. The minimum Gasteiger partial charge on any atom is -0.258 e. The predicted molar refractivity (Wildman–Crippen MR) is 131 cm³/mol. The molecule has 0 radical (unpaired) electrons. The predicted octanol–water partition coefficient (Wildman–Crippen LogP) is 5.55. The van der Waals surface area contributed by atoms with Gasteiger partial charge in [-0.15, -0.1) is 11.3 Å². The molecule has 3 aromatic heterocycles. The zero-order valence-corrected chi connectivity index (χ0v) is 19.2. The summed E-state index contributed by atoms with van der Waals surface area (Å²) in [5, 5.41) is 23.2. The highest BCUT2D eigenvalue weighted by atomic mass is 32.1. The first kappa shape index (κ1) is 20.9. The van der Waals surface area contributed by atoms with Crippen molar-refractivity contribution < 1.29 is 4.92 Å². The highest BCUT2D eigenvalue weighted by Crippen LogP contribution is 2.28. The Labute approximate surface area is 196 Å². The Kier molecular flexibility index (Phi) is 5.40. The highest BCUT2D eigenvalue weighted by Gasteiger charge is 2.16. The van der Waals surface area contributed by atoms with Crippen LogP contribution in [-0.2, 0) is 0 Å². The number of hydrogen-bond acceptors (Lipinski definition) is 9. The normalized spacial score (nSPS) is 11.5. The molecule has 5 rings (SSSR count). The van der Waals surface area contributed by atoms with Crippen molar-refractivity contribution in [2.24, 2.45) is 5.10 Å². The molecule has 0 unspecified atom stereocenters. The summed E-state index contributed by atoms with van der Waals surface area (Å²) < 4.78 is 1.80. The minimum absolute atomic E-state index is 0.0470. The molecule has 0 spiro atoms. The number of fused-ring (bicyclic) bond motifs is 1. The number of nitro benzene ring substituents is 1. The van der Waals surface area contributed by atoms with Gasteiger partial charge in [-0.3, -0.25) is 15.5 Å². The third-order valence-electron chi connectivity index (χ3n) is 4.89. The molecular weight excluding hydrogens is 458 g/mol. The molecule has 0 amide bonds. The summed E-state index contributed by atoms with van der Waals surface area (Å²) in [5.41, 5.74) is 8.28. The summed E-state index contributed by atoms with van der Waals surface area (Å²) in [7, 11) is 0. The monoisotopic (exact) mass is 475 g/mol. The number of aromatic nitrogens is 4. The van der Waals surface area contributed by atoms with Gasteiger partial charge >= 0.3 is 0 Å². The molecule has 0 saturated carbocycles. The van der Waals surface area contributed by atoms with Crippen LogP contribution in [0.1, 0.15) is 16.3 Å². The minimum atomic E-state index is -0.422. The number of imidazole rings is 1. The van der Waals surface area contributed by atoms with Crippen LogP contribution in [0.5, 0.6) is 0 Å². The molecule has 0 saturated heterocycles. The lowest BCUT2D eigenvalue weighted by Gasteiger charge is -2.01. The van der Waals surface area contributed by atoms with E-state index >= 15 is 0 Å². The van der Waals surface area contributed by atoms with E-state index < -0.39 is 4.92 Å². The van der Waals surface area contributed by atoms with Crippen molar-refractivity contribution in [2.75, 3.05) is 5.43 Å². The molecule has 2 aromatic carbocycles. The van der Waals surface area contributed by atoms with Crippen molar-refractivity contribution in [1.29, 1.82) is 0 Å². The molecule has 11 heteroatoms. The molecular formula is C22H17N7O2S2. The van der Waals surface area contributed by atoms with Gasteiger partial charge in [-0.1, -0.05) is 41.2 Å². The summed E-state index contributed by atoms with van der Waals surface area (Å²) in [6.07, 6.45) is 1.70. The highest BCUT2D eigenvalue weighted by molar-refractivity contribution is 7.16. The van der Waals surface area contributed by atoms with Crippen LogP contribution >= 0.6 is 22.7 Å². The number of hydrogen-bond donors (Lipinski definition) is 1. The van der Waals surface area contributed by atoms with Gasteiger partial charge < -0.3 is 0 Å². The van der Waals surface area contributed by atoms with Crippen LogP contribution in [0.25, 0.3) is 27.5 Å². The van der Waals surface area contributed by atoms with Crippen LogP contribution < -0.4 is 5.43 Å². The average molecular weight is 476 g/mol. The van der Waals surface area contributed by atoms with E-state index in [1.807, 2.05) is 31.4 Å². The fourth-order valence-corrected chi connectivity index (χ4v) is 4.68. The van der Waals surface area contributed by atoms with Crippen LogP contribution in [0.2, 0.25) is 0 Å². The Hall–Kier alpha value is -3.96. The van der Waals surface area contributed by atoms with Crippen LogP contribution in [-0.4, -0.2) is 30.7 Å². The van der Waals surface area contributed by atoms with Gasteiger partial charge in [0.25, 0.3) is 5.69 Å². The van der Waals surface area contributed by atoms with Crippen LogP contribution in [0, 0.1) is 24.0 Å². The number of aryl methyl sites for hydroxylation is 2. The van der Waals surface area contributed by atoms with E-state index in [-0.39, 0.29) is 5.69 Å². The topological polar surface area (TPSA) is 111 Å². The van der Waals surface area contributed by atoms with Crippen molar-refractivity contribution in [3.05, 3.63) is 80.3 Å². The molecule has 3 heterocycles. The zero-order chi connectivity index (χ0) is 22.9. The largest absolute Gasteiger partial charge is 0.269 e. The molecule has 9 nitrogen and oxygen atoms in total. The standard InChI is InChI=1S/C22H17N7O2S2/c1-13-3-5-16(6-4-13)20-19(28-22(25-20)33-14(2)27-28)11-23-26-21-24-18(12-32-21)15-7-9-17(10-8-15)29(30)31/h3-12H,1-2H3,(H,24,26)/b23-11+. The van der Waals surface area contributed by atoms with Gasteiger partial charge in [0.15, 0.2) is 0 Å². The lowest BCUT2D eigenvalue weighted by molar-refractivity contribution is -0.384. The maximum Gasteiger partial charge on any atom is 0.269 e. The number of nitrogens with one attached hydrogen (secondary N) is 1. The Bertz CT molecular complexity index is 1480. The molecule has 0 bridgehead atoms. The molecule has 1 N–H and O–H groups in total. The molecule has 0 fully saturated rings. The van der Waals surface area contributed by atoms with Gasteiger partial charge in [0, 0.05) is 28.6 Å². The first-order valence-electron chi connectivity index (χ1n) is 9.90. The molecule has 33 heavy (non-hydrogen) atoms. The van der Waals surface area contributed by atoms with Crippen LogP contribution in [0.4, 0.5) is 10.8 Å². The van der Waals surface area contributed by atoms with Crippen molar-refractivity contribution in [2.45, 2.75) is 13.8 Å². The van der Waals surface area contributed by atoms with Crippen molar-refractivity contribution in [1.82, 2.24) is 19.6 Å². The number of nitro groups is 1. The first-order chi connectivity index (χ1) is 16.0. The molecule has 0 aliphatic heterocycles. The van der Waals surface area contributed by atoms with Crippen molar-refractivity contribution in [3.63, 3.8) is 0 Å². The summed E-state index contributed by atoms with van der Waals surface area (Å²) >= 11 is 2.92. The number of nitrogens with zero attached hydrogens (tertiary/aromatic N) is 6. The van der Waals surface area contributed by atoms with Gasteiger partial charge in [0.2, 0.25) is 10.1 Å². The maximum absolute atomic E-state index is 10.8. The number of non-ortho nitro benzene ring substituents is 1. The molecule has 5 aromatic rings. The Balaban J connectivity index is 1.40. The fraction of sp³-hybridized carbons (Fsp3) is 0.0909. The third-order valence-corrected chi connectivity index (χ3v) is 6.46. The molecule has 0 aliphatic carbocycles. The van der Waals surface area contributed by atoms with Gasteiger partial charge in [-0.2, -0.15) is 10.2 Å². The van der Waals surface area contributed by atoms with Crippen LogP contribution in [0.15, 0.2) is 59.0 Å². The summed E-state index contributed by atoms with van der Waals surface area (Å²) in [4.78, 5) is 20.5. The summed E-state index contributed by atoms with van der Waals surface area (Å²) in [6.45, 7) is 3.99. The van der Waals surface area contributed by atoms with Crippen LogP contribution in [0.3, 0.4) is 0 Å². The molecule has 164 valence electrons. The molecule has 0 atom stereocenters. The summed E-state index contributed by atoms with van der Waals surface area (Å²) in [6, 6.07) is 14.5. The smallest absolute Gasteiger partial charge is 0.258 e. The third kappa shape index (κ3) is 4.23. The summed E-state index contributed by atoms with van der Waals surface area (Å²) in [5.74, 6) is 0. The second-order valence-electron chi connectivity index (χ2n) is 7.24. The number of hydrazone groups is 1. The SMILES string of the molecule is Cc1ccc(-c2nc3sc(C)nn3c2/C=N/Nc2nc(-c3ccc([N+](=O)[O-])cc3)cs2)cc1. The van der Waals surface area contributed by atoms with Crippen molar-refractivity contribution >= 4 is 44.7 Å². The van der Waals surface area contributed by atoms with Gasteiger partial charge in [-0.05, 0) is 26.0 Å². The van der Waals surface area contributed by atoms with Gasteiger partial charge in [0.05, 0.1) is 16.8 Å². The zero-order valence-electron chi connectivity index (χ0n) is 17.6. The van der Waals surface area contributed by atoms with E-state index in [9.17, 15) is 10.1 Å². The number of rotatable bonds is 6. The number of thiazole rings is 1. The maximum atomic E-state index is 10.8. The average Bonchev–Trinajstić information content (AvgIpc) is 3.50. The van der Waals surface area contributed by atoms with E-state index in [1.165, 1.54) is 40.4 Å². The molecule has 0 aliphatic rings.